The van der Waals surface area contributed by atoms with Crippen LogP contribution in [-0.2, 0) is 4.74 Å². The van der Waals surface area contributed by atoms with E-state index in [-0.39, 0.29) is 6.10 Å². The maximum absolute atomic E-state index is 5.95. The van der Waals surface area contributed by atoms with Crippen LogP contribution < -0.4 is 5.32 Å². The lowest BCUT2D eigenvalue weighted by Crippen LogP contribution is -2.43. The molecule has 0 aromatic heterocycles. The van der Waals surface area contributed by atoms with Crippen LogP contribution in [0.25, 0.3) is 0 Å². The maximum Gasteiger partial charge on any atom is 0.0950 e. The molecule has 1 aromatic rings. The molecule has 1 aromatic carbocycles. The number of hydrogen-bond donors (Lipinski definition) is 1. The summed E-state index contributed by atoms with van der Waals surface area (Å²) in [5.41, 5.74) is 1.25. The predicted molar refractivity (Wildman–Crippen MR) is 74.1 cm³/mol. The third-order valence-corrected chi connectivity index (χ3v) is 3.56. The minimum absolute atomic E-state index is 0.191. The summed E-state index contributed by atoms with van der Waals surface area (Å²) in [7, 11) is 0. The SMILES string of the molecule is CC(C)CC1COC(c2cccc(Br)c2)CN1. The average molecular weight is 298 g/mol. The topological polar surface area (TPSA) is 21.3 Å². The fourth-order valence-electron chi connectivity index (χ4n) is 2.27. The first-order chi connectivity index (χ1) is 8.15. The molecule has 0 saturated carbocycles. The molecule has 3 heteroatoms. The van der Waals surface area contributed by atoms with Crippen LogP contribution in [-0.4, -0.2) is 19.2 Å². The Balaban J connectivity index is 1.91. The molecule has 2 rings (SSSR count). The van der Waals surface area contributed by atoms with Crippen molar-refractivity contribution in [1.82, 2.24) is 5.32 Å². The van der Waals surface area contributed by atoms with E-state index >= 15 is 0 Å². The predicted octanol–water partition coefficient (Wildman–Crippen LogP) is 3.52. The zero-order valence-electron chi connectivity index (χ0n) is 10.4. The molecule has 0 bridgehead atoms. The van der Waals surface area contributed by atoms with Crippen molar-refractivity contribution in [3.05, 3.63) is 34.3 Å². The number of rotatable bonds is 3. The van der Waals surface area contributed by atoms with Gasteiger partial charge in [0.05, 0.1) is 12.7 Å². The molecule has 1 fully saturated rings. The van der Waals surface area contributed by atoms with Gasteiger partial charge in [0.2, 0.25) is 0 Å². The van der Waals surface area contributed by atoms with Gasteiger partial charge >= 0.3 is 0 Å². The lowest BCUT2D eigenvalue weighted by molar-refractivity contribution is -0.00133. The monoisotopic (exact) mass is 297 g/mol. The van der Waals surface area contributed by atoms with E-state index in [1.165, 1.54) is 12.0 Å². The molecule has 2 atom stereocenters. The van der Waals surface area contributed by atoms with Gasteiger partial charge in [0.1, 0.15) is 0 Å². The van der Waals surface area contributed by atoms with Crippen LogP contribution in [0.4, 0.5) is 0 Å². The molecule has 2 unspecified atom stereocenters. The average Bonchev–Trinajstić information content (AvgIpc) is 2.29. The third-order valence-electron chi connectivity index (χ3n) is 3.07. The number of nitrogens with one attached hydrogen (secondary N) is 1. The molecule has 1 saturated heterocycles. The van der Waals surface area contributed by atoms with Crippen LogP contribution in [0.3, 0.4) is 0 Å². The highest BCUT2D eigenvalue weighted by molar-refractivity contribution is 9.10. The van der Waals surface area contributed by atoms with Crippen LogP contribution in [0.2, 0.25) is 0 Å². The quantitative estimate of drug-likeness (QED) is 0.922. The van der Waals surface area contributed by atoms with Crippen molar-refractivity contribution >= 4 is 15.9 Å². The van der Waals surface area contributed by atoms with Crippen molar-refractivity contribution in [2.24, 2.45) is 5.92 Å². The van der Waals surface area contributed by atoms with Gasteiger partial charge in [-0.05, 0) is 30.0 Å². The highest BCUT2D eigenvalue weighted by Gasteiger charge is 2.22. The van der Waals surface area contributed by atoms with E-state index in [0.717, 1.165) is 23.5 Å². The van der Waals surface area contributed by atoms with Gasteiger partial charge in [-0.3, -0.25) is 0 Å². The smallest absolute Gasteiger partial charge is 0.0950 e. The highest BCUT2D eigenvalue weighted by Crippen LogP contribution is 2.24. The summed E-state index contributed by atoms with van der Waals surface area (Å²) >= 11 is 3.50. The third kappa shape index (κ3) is 3.80. The van der Waals surface area contributed by atoms with Gasteiger partial charge < -0.3 is 10.1 Å². The van der Waals surface area contributed by atoms with Crippen LogP contribution in [0.5, 0.6) is 0 Å². The first kappa shape index (κ1) is 13.1. The molecule has 1 heterocycles. The zero-order chi connectivity index (χ0) is 12.3. The van der Waals surface area contributed by atoms with Crippen molar-refractivity contribution in [3.8, 4) is 0 Å². The van der Waals surface area contributed by atoms with Gasteiger partial charge in [-0.2, -0.15) is 0 Å². The molecule has 2 nitrogen and oxygen atoms in total. The minimum atomic E-state index is 0.191. The van der Waals surface area contributed by atoms with E-state index in [1.807, 2.05) is 6.07 Å². The van der Waals surface area contributed by atoms with E-state index in [2.05, 4.69) is 53.3 Å². The normalized spacial score (nSPS) is 25.2. The van der Waals surface area contributed by atoms with Crippen LogP contribution in [0, 0.1) is 5.92 Å². The standard InChI is InChI=1S/C14H20BrNO/c1-10(2)6-13-9-17-14(8-16-13)11-4-3-5-12(15)7-11/h3-5,7,10,13-14,16H,6,8-9H2,1-2H3. The summed E-state index contributed by atoms with van der Waals surface area (Å²) in [6.07, 6.45) is 1.38. The fourth-order valence-corrected chi connectivity index (χ4v) is 2.68. The summed E-state index contributed by atoms with van der Waals surface area (Å²) in [6.45, 7) is 6.23. The molecule has 0 radical (unpaired) electrons. The number of halogens is 1. The minimum Gasteiger partial charge on any atom is -0.371 e. The lowest BCUT2D eigenvalue weighted by atomic mass is 10.0. The lowest BCUT2D eigenvalue weighted by Gasteiger charge is -2.31. The largest absolute Gasteiger partial charge is 0.371 e. The van der Waals surface area contributed by atoms with E-state index in [9.17, 15) is 0 Å². The maximum atomic E-state index is 5.95. The summed E-state index contributed by atoms with van der Waals surface area (Å²) < 4.78 is 7.06. The summed E-state index contributed by atoms with van der Waals surface area (Å²) in [5, 5.41) is 3.58. The van der Waals surface area contributed by atoms with Gasteiger partial charge in [-0.25, -0.2) is 0 Å². The Hall–Kier alpha value is -0.380. The molecule has 1 N–H and O–H groups in total. The molecule has 0 aliphatic carbocycles. The van der Waals surface area contributed by atoms with Crippen molar-refractivity contribution < 1.29 is 4.74 Å². The second kappa shape index (κ2) is 5.98. The molecule has 1 aliphatic heterocycles. The number of hydrogen-bond acceptors (Lipinski definition) is 2. The van der Waals surface area contributed by atoms with E-state index in [0.29, 0.717) is 6.04 Å². The van der Waals surface area contributed by atoms with Gasteiger partial charge in [0.25, 0.3) is 0 Å². The van der Waals surface area contributed by atoms with Crippen molar-refractivity contribution in [1.29, 1.82) is 0 Å². The molecule has 17 heavy (non-hydrogen) atoms. The van der Waals surface area contributed by atoms with E-state index in [4.69, 9.17) is 4.74 Å². The zero-order valence-corrected chi connectivity index (χ0v) is 12.0. The van der Waals surface area contributed by atoms with Crippen LogP contribution in [0.15, 0.2) is 28.7 Å². The highest BCUT2D eigenvalue weighted by atomic mass is 79.9. The molecule has 1 aliphatic rings. The van der Waals surface area contributed by atoms with Gasteiger partial charge in [-0.1, -0.05) is 41.9 Å². The van der Waals surface area contributed by atoms with Crippen molar-refractivity contribution in [3.63, 3.8) is 0 Å². The number of morpholine rings is 1. The molecule has 94 valence electrons. The Bertz CT molecular complexity index is 359. The van der Waals surface area contributed by atoms with E-state index in [1.54, 1.807) is 0 Å². The summed E-state index contributed by atoms with van der Waals surface area (Å²) in [4.78, 5) is 0. The second-order valence-electron chi connectivity index (χ2n) is 5.11. The summed E-state index contributed by atoms with van der Waals surface area (Å²) in [5.74, 6) is 0.721. The van der Waals surface area contributed by atoms with Gasteiger partial charge in [-0.15, -0.1) is 0 Å². The van der Waals surface area contributed by atoms with Gasteiger partial charge in [0.15, 0.2) is 0 Å². The van der Waals surface area contributed by atoms with Gasteiger partial charge in [0, 0.05) is 17.1 Å². The Morgan fingerprint density at radius 2 is 2.29 bits per heavy atom. The Morgan fingerprint density at radius 1 is 1.47 bits per heavy atom. The molecular formula is C14H20BrNO. The molecule has 0 amide bonds. The molecular weight excluding hydrogens is 278 g/mol. The second-order valence-corrected chi connectivity index (χ2v) is 6.03. The first-order valence-corrected chi connectivity index (χ1v) is 7.05. The van der Waals surface area contributed by atoms with Crippen LogP contribution in [0.1, 0.15) is 31.9 Å². The summed E-state index contributed by atoms with van der Waals surface area (Å²) in [6, 6.07) is 8.87. The van der Waals surface area contributed by atoms with Crippen molar-refractivity contribution in [2.75, 3.05) is 13.2 Å². The fraction of sp³-hybridized carbons (Fsp3) is 0.571. The first-order valence-electron chi connectivity index (χ1n) is 6.25. The Labute approximate surface area is 112 Å². The Kier molecular flexibility index (Phi) is 4.60. The molecule has 0 spiro atoms. The van der Waals surface area contributed by atoms with Crippen LogP contribution >= 0.6 is 15.9 Å². The Morgan fingerprint density at radius 3 is 2.88 bits per heavy atom. The van der Waals surface area contributed by atoms with Crippen molar-refractivity contribution in [2.45, 2.75) is 32.4 Å². The number of benzene rings is 1. The van der Waals surface area contributed by atoms with E-state index < -0.39 is 0 Å². The number of ether oxygens (including phenoxy) is 1.